The lowest BCUT2D eigenvalue weighted by molar-refractivity contribution is 0.217. The van der Waals surface area contributed by atoms with Crippen molar-refractivity contribution in [3.05, 3.63) is 28.2 Å². The second kappa shape index (κ2) is 8.19. The van der Waals surface area contributed by atoms with Gasteiger partial charge in [-0.3, -0.25) is 0 Å². The largest absolute Gasteiger partial charge is 0.496 e. The lowest BCUT2D eigenvalue weighted by Gasteiger charge is -2.35. The monoisotopic (exact) mass is 353 g/mol. The molecule has 1 aliphatic carbocycles. The molecule has 0 aromatic heterocycles. The van der Waals surface area contributed by atoms with Crippen LogP contribution >= 0.6 is 15.9 Å². The van der Waals surface area contributed by atoms with Gasteiger partial charge in [0, 0.05) is 16.1 Å². The Morgan fingerprint density at radius 1 is 1.24 bits per heavy atom. The highest BCUT2D eigenvalue weighted by atomic mass is 79.9. The predicted molar refractivity (Wildman–Crippen MR) is 92.9 cm³/mol. The maximum Gasteiger partial charge on any atom is 0.124 e. The van der Waals surface area contributed by atoms with Crippen molar-refractivity contribution in [2.45, 2.75) is 52.0 Å². The van der Waals surface area contributed by atoms with Gasteiger partial charge in [-0.05, 0) is 43.4 Å². The summed E-state index contributed by atoms with van der Waals surface area (Å²) in [5, 5.41) is 3.70. The summed E-state index contributed by atoms with van der Waals surface area (Å²) in [6.45, 7) is 5.51. The first-order valence-corrected chi connectivity index (χ1v) is 9.05. The van der Waals surface area contributed by atoms with Crippen LogP contribution in [0.3, 0.4) is 0 Å². The van der Waals surface area contributed by atoms with E-state index in [0.29, 0.717) is 6.04 Å². The Labute approximate surface area is 137 Å². The number of rotatable bonds is 6. The van der Waals surface area contributed by atoms with Gasteiger partial charge in [-0.2, -0.15) is 0 Å². The molecule has 1 atom stereocenters. The summed E-state index contributed by atoms with van der Waals surface area (Å²) in [6.07, 6.45) is 6.74. The highest BCUT2D eigenvalue weighted by Gasteiger charge is 2.29. The molecule has 1 aliphatic rings. The average molecular weight is 354 g/mol. The molecule has 0 spiro atoms. The number of hydrogen-bond acceptors (Lipinski definition) is 2. The van der Waals surface area contributed by atoms with Gasteiger partial charge in [0.2, 0.25) is 0 Å². The second-order valence-corrected chi connectivity index (χ2v) is 7.03. The van der Waals surface area contributed by atoms with Crippen molar-refractivity contribution in [2.24, 2.45) is 11.8 Å². The molecule has 21 heavy (non-hydrogen) atoms. The molecule has 1 saturated carbocycles. The Kier molecular flexibility index (Phi) is 6.56. The van der Waals surface area contributed by atoms with Crippen LogP contribution in [0, 0.1) is 11.8 Å². The Balaban J connectivity index is 2.19. The van der Waals surface area contributed by atoms with Gasteiger partial charge in [0.25, 0.3) is 0 Å². The van der Waals surface area contributed by atoms with Crippen LogP contribution in [0.15, 0.2) is 22.7 Å². The van der Waals surface area contributed by atoms with E-state index < -0.39 is 0 Å². The molecule has 0 saturated heterocycles. The summed E-state index contributed by atoms with van der Waals surface area (Å²) in [7, 11) is 1.77. The van der Waals surface area contributed by atoms with Gasteiger partial charge in [0.15, 0.2) is 0 Å². The van der Waals surface area contributed by atoms with Crippen molar-refractivity contribution in [1.82, 2.24) is 5.32 Å². The number of benzene rings is 1. The van der Waals surface area contributed by atoms with Crippen molar-refractivity contribution in [3.63, 3.8) is 0 Å². The van der Waals surface area contributed by atoms with Gasteiger partial charge in [0.05, 0.1) is 7.11 Å². The molecule has 3 heteroatoms. The first-order chi connectivity index (χ1) is 10.2. The van der Waals surface area contributed by atoms with Crippen molar-refractivity contribution < 1.29 is 4.74 Å². The standard InChI is InChI=1S/C18H28BrNO/c1-4-13-6-8-14(9-7-13)18(20-5-2)16-11-10-15(19)12-17(16)21-3/h10-14,18,20H,4-9H2,1-3H3. The summed E-state index contributed by atoms with van der Waals surface area (Å²) in [5.41, 5.74) is 1.31. The molecule has 1 aromatic carbocycles. The first-order valence-electron chi connectivity index (χ1n) is 8.26. The molecule has 0 heterocycles. The Morgan fingerprint density at radius 2 is 1.95 bits per heavy atom. The van der Waals surface area contributed by atoms with E-state index >= 15 is 0 Å². The number of ether oxygens (including phenoxy) is 1. The van der Waals surface area contributed by atoms with Crippen LogP contribution in [-0.2, 0) is 0 Å². The summed E-state index contributed by atoms with van der Waals surface area (Å²) in [6, 6.07) is 6.83. The molecule has 1 aromatic rings. The number of methoxy groups -OCH3 is 1. The van der Waals surface area contributed by atoms with E-state index in [2.05, 4.69) is 53.3 Å². The van der Waals surface area contributed by atoms with E-state index in [9.17, 15) is 0 Å². The summed E-state index contributed by atoms with van der Waals surface area (Å²) in [4.78, 5) is 0. The van der Waals surface area contributed by atoms with Crippen molar-refractivity contribution in [1.29, 1.82) is 0 Å². The van der Waals surface area contributed by atoms with E-state index in [1.165, 1.54) is 37.7 Å². The minimum absolute atomic E-state index is 0.413. The number of nitrogens with one attached hydrogen (secondary N) is 1. The highest BCUT2D eigenvalue weighted by molar-refractivity contribution is 9.10. The van der Waals surface area contributed by atoms with Gasteiger partial charge < -0.3 is 10.1 Å². The maximum absolute atomic E-state index is 5.62. The fourth-order valence-electron chi connectivity index (χ4n) is 3.62. The van der Waals surface area contributed by atoms with Crippen LogP contribution in [0.5, 0.6) is 5.75 Å². The van der Waals surface area contributed by atoms with Crippen LogP contribution in [-0.4, -0.2) is 13.7 Å². The number of halogens is 1. The molecular weight excluding hydrogens is 326 g/mol. The normalized spacial score (nSPS) is 23.8. The third-order valence-electron chi connectivity index (χ3n) is 4.89. The molecule has 118 valence electrons. The molecule has 2 rings (SSSR count). The lowest BCUT2D eigenvalue weighted by Crippen LogP contribution is -2.31. The zero-order chi connectivity index (χ0) is 15.2. The van der Waals surface area contributed by atoms with Crippen LogP contribution in [0.25, 0.3) is 0 Å². The third-order valence-corrected chi connectivity index (χ3v) is 5.39. The second-order valence-electron chi connectivity index (χ2n) is 6.11. The SMILES string of the molecule is CCNC(c1ccc(Br)cc1OC)C1CCC(CC)CC1. The molecule has 1 fully saturated rings. The minimum atomic E-state index is 0.413. The van der Waals surface area contributed by atoms with Gasteiger partial charge >= 0.3 is 0 Å². The molecule has 0 bridgehead atoms. The van der Waals surface area contributed by atoms with Crippen molar-refractivity contribution in [2.75, 3.05) is 13.7 Å². The van der Waals surface area contributed by atoms with Gasteiger partial charge in [-0.25, -0.2) is 0 Å². The van der Waals surface area contributed by atoms with E-state index in [-0.39, 0.29) is 0 Å². The molecular formula is C18H28BrNO. The van der Waals surface area contributed by atoms with Crippen LogP contribution in [0.2, 0.25) is 0 Å². The molecule has 0 aliphatic heterocycles. The van der Waals surface area contributed by atoms with Gasteiger partial charge in [-0.1, -0.05) is 55.1 Å². The third kappa shape index (κ3) is 4.23. The van der Waals surface area contributed by atoms with E-state index in [1.807, 2.05) is 0 Å². The molecule has 2 nitrogen and oxygen atoms in total. The lowest BCUT2D eigenvalue weighted by atomic mass is 9.76. The Morgan fingerprint density at radius 3 is 2.52 bits per heavy atom. The van der Waals surface area contributed by atoms with E-state index in [1.54, 1.807) is 7.11 Å². The summed E-state index contributed by atoms with van der Waals surface area (Å²) >= 11 is 3.54. The van der Waals surface area contributed by atoms with Crippen LogP contribution < -0.4 is 10.1 Å². The molecule has 1 N–H and O–H groups in total. The molecule has 0 amide bonds. The van der Waals surface area contributed by atoms with Crippen LogP contribution in [0.1, 0.15) is 57.6 Å². The number of hydrogen-bond donors (Lipinski definition) is 1. The van der Waals surface area contributed by atoms with Gasteiger partial charge in [-0.15, -0.1) is 0 Å². The van der Waals surface area contributed by atoms with E-state index in [4.69, 9.17) is 4.74 Å². The topological polar surface area (TPSA) is 21.3 Å². The molecule has 1 unspecified atom stereocenters. The van der Waals surface area contributed by atoms with Crippen molar-refractivity contribution in [3.8, 4) is 5.75 Å². The fraction of sp³-hybridized carbons (Fsp3) is 0.667. The fourth-order valence-corrected chi connectivity index (χ4v) is 3.96. The average Bonchev–Trinajstić information content (AvgIpc) is 2.53. The quantitative estimate of drug-likeness (QED) is 0.746. The zero-order valence-corrected chi connectivity index (χ0v) is 15.1. The molecule has 0 radical (unpaired) electrons. The zero-order valence-electron chi connectivity index (χ0n) is 13.5. The van der Waals surface area contributed by atoms with Gasteiger partial charge in [0.1, 0.15) is 5.75 Å². The predicted octanol–water partition coefficient (Wildman–Crippen LogP) is 5.32. The summed E-state index contributed by atoms with van der Waals surface area (Å²) in [5.74, 6) is 2.66. The first kappa shape index (κ1) is 16.8. The minimum Gasteiger partial charge on any atom is -0.496 e. The van der Waals surface area contributed by atoms with Crippen LogP contribution in [0.4, 0.5) is 0 Å². The van der Waals surface area contributed by atoms with Crippen molar-refractivity contribution >= 4 is 15.9 Å². The van der Waals surface area contributed by atoms with E-state index in [0.717, 1.165) is 28.6 Å². The smallest absolute Gasteiger partial charge is 0.124 e. The maximum atomic E-state index is 5.62. The Bertz CT molecular complexity index is 441. The Hall–Kier alpha value is -0.540. The summed E-state index contributed by atoms with van der Waals surface area (Å²) < 4.78 is 6.69. The highest BCUT2D eigenvalue weighted by Crippen LogP contribution is 2.41.